The molecule has 3 aromatic carbocycles. The monoisotopic (exact) mass is 419 g/mol. The Bertz CT molecular complexity index is 1000. The van der Waals surface area contributed by atoms with Gasteiger partial charge in [0.25, 0.3) is 5.91 Å². The fourth-order valence-corrected chi connectivity index (χ4v) is 2.83. The first-order chi connectivity index (χ1) is 15.1. The lowest BCUT2D eigenvalue weighted by atomic mass is 10.2. The fraction of sp³-hybridized carbons (Fsp3) is 0.200. The van der Waals surface area contributed by atoms with Gasteiger partial charge in [0.15, 0.2) is 6.10 Å². The number of hydrogen-bond acceptors (Lipinski definition) is 5. The number of para-hydroxylation sites is 2. The van der Waals surface area contributed by atoms with Crippen molar-refractivity contribution in [3.05, 3.63) is 90.0 Å². The predicted molar refractivity (Wildman–Crippen MR) is 118 cm³/mol. The van der Waals surface area contributed by atoms with Crippen LogP contribution in [0.1, 0.15) is 29.8 Å². The van der Waals surface area contributed by atoms with Crippen molar-refractivity contribution in [2.45, 2.75) is 26.6 Å². The predicted octanol–water partition coefficient (Wildman–Crippen LogP) is 4.85. The maximum atomic E-state index is 12.6. The van der Waals surface area contributed by atoms with Gasteiger partial charge in [-0.3, -0.25) is 4.79 Å². The van der Waals surface area contributed by atoms with Crippen molar-refractivity contribution in [1.82, 2.24) is 0 Å². The third-order valence-corrected chi connectivity index (χ3v) is 4.42. The summed E-state index contributed by atoms with van der Waals surface area (Å²) < 4.78 is 16.5. The molecule has 3 rings (SSSR count). The Morgan fingerprint density at radius 2 is 1.58 bits per heavy atom. The van der Waals surface area contributed by atoms with E-state index in [2.05, 4.69) is 5.32 Å². The molecule has 1 atom stereocenters. The van der Waals surface area contributed by atoms with E-state index in [1.165, 1.54) is 0 Å². The molecule has 0 aromatic heterocycles. The highest BCUT2D eigenvalue weighted by Gasteiger charge is 2.17. The van der Waals surface area contributed by atoms with Gasteiger partial charge in [-0.1, -0.05) is 42.5 Å². The van der Waals surface area contributed by atoms with Gasteiger partial charge in [-0.15, -0.1) is 0 Å². The number of carbonyl (C=O) groups excluding carboxylic acids is 2. The molecule has 0 bridgehead atoms. The molecule has 0 radical (unpaired) electrons. The smallest absolute Gasteiger partial charge is 0.347 e. The van der Waals surface area contributed by atoms with Crippen molar-refractivity contribution < 1.29 is 23.8 Å². The molecule has 0 saturated carbocycles. The molecule has 31 heavy (non-hydrogen) atoms. The molecule has 6 heteroatoms. The van der Waals surface area contributed by atoms with Gasteiger partial charge in [0.2, 0.25) is 0 Å². The minimum absolute atomic E-state index is 0.190. The van der Waals surface area contributed by atoms with Crippen molar-refractivity contribution in [2.75, 3.05) is 11.9 Å². The number of nitrogens with one attached hydrogen (secondary N) is 1. The van der Waals surface area contributed by atoms with E-state index in [1.54, 1.807) is 43.3 Å². The SMILES string of the molecule is CCOc1ccccc1NC(=O)c1ccc(OC(C)C(=O)OCc2ccccc2)cc1. The highest BCUT2D eigenvalue weighted by molar-refractivity contribution is 6.05. The van der Waals surface area contributed by atoms with Gasteiger partial charge in [0.1, 0.15) is 18.1 Å². The molecule has 0 fully saturated rings. The first-order valence-electron chi connectivity index (χ1n) is 10.1. The molecule has 6 nitrogen and oxygen atoms in total. The summed E-state index contributed by atoms with van der Waals surface area (Å²) in [5, 5.41) is 2.84. The fourth-order valence-electron chi connectivity index (χ4n) is 2.83. The molecular weight excluding hydrogens is 394 g/mol. The zero-order chi connectivity index (χ0) is 22.1. The Labute approximate surface area is 181 Å². The van der Waals surface area contributed by atoms with Crippen LogP contribution in [0, 0.1) is 0 Å². The highest BCUT2D eigenvalue weighted by Crippen LogP contribution is 2.24. The van der Waals surface area contributed by atoms with E-state index in [0.717, 1.165) is 5.56 Å². The number of rotatable bonds is 9. The average molecular weight is 419 g/mol. The van der Waals surface area contributed by atoms with E-state index in [0.29, 0.717) is 29.4 Å². The lowest BCUT2D eigenvalue weighted by Crippen LogP contribution is -2.26. The second kappa shape index (κ2) is 10.8. The average Bonchev–Trinajstić information content (AvgIpc) is 2.80. The number of ether oxygens (including phenoxy) is 3. The third kappa shape index (κ3) is 6.34. The lowest BCUT2D eigenvalue weighted by Gasteiger charge is -2.15. The normalized spacial score (nSPS) is 11.3. The molecule has 160 valence electrons. The van der Waals surface area contributed by atoms with Gasteiger partial charge in [0.05, 0.1) is 12.3 Å². The van der Waals surface area contributed by atoms with Gasteiger partial charge in [-0.2, -0.15) is 0 Å². The molecule has 1 amide bonds. The van der Waals surface area contributed by atoms with E-state index in [1.807, 2.05) is 49.4 Å². The first kappa shape index (κ1) is 21.9. The number of anilines is 1. The molecule has 0 aliphatic heterocycles. The lowest BCUT2D eigenvalue weighted by molar-refractivity contribution is -0.152. The second-order valence-corrected chi connectivity index (χ2v) is 6.76. The molecular formula is C25H25NO5. The van der Waals surface area contributed by atoms with Crippen LogP contribution < -0.4 is 14.8 Å². The number of benzene rings is 3. The molecule has 0 heterocycles. The van der Waals surface area contributed by atoms with Gasteiger partial charge in [-0.05, 0) is 55.8 Å². The van der Waals surface area contributed by atoms with Crippen LogP contribution in [0.5, 0.6) is 11.5 Å². The Kier molecular flexibility index (Phi) is 7.65. The number of carbonyl (C=O) groups is 2. The standard InChI is InChI=1S/C25H25NO5/c1-3-29-23-12-8-7-11-22(23)26-24(27)20-13-15-21(16-14-20)31-18(2)25(28)30-17-19-9-5-4-6-10-19/h4-16,18H,3,17H2,1-2H3,(H,26,27). The minimum Gasteiger partial charge on any atom is -0.492 e. The Balaban J connectivity index is 1.54. The first-order valence-corrected chi connectivity index (χ1v) is 10.1. The Hall–Kier alpha value is -3.80. The van der Waals surface area contributed by atoms with E-state index in [4.69, 9.17) is 14.2 Å². The van der Waals surface area contributed by atoms with Gasteiger partial charge in [0, 0.05) is 5.56 Å². The van der Waals surface area contributed by atoms with E-state index < -0.39 is 12.1 Å². The molecule has 0 aliphatic carbocycles. The van der Waals surface area contributed by atoms with Gasteiger partial charge < -0.3 is 19.5 Å². The van der Waals surface area contributed by atoms with Crippen molar-refractivity contribution >= 4 is 17.6 Å². The van der Waals surface area contributed by atoms with Gasteiger partial charge in [-0.25, -0.2) is 4.79 Å². The number of esters is 1. The molecule has 1 N–H and O–H groups in total. The van der Waals surface area contributed by atoms with Crippen molar-refractivity contribution in [3.8, 4) is 11.5 Å². The summed E-state index contributed by atoms with van der Waals surface area (Å²) in [4.78, 5) is 24.7. The summed E-state index contributed by atoms with van der Waals surface area (Å²) in [7, 11) is 0. The topological polar surface area (TPSA) is 73.9 Å². The van der Waals surface area contributed by atoms with Gasteiger partial charge >= 0.3 is 5.97 Å². The van der Waals surface area contributed by atoms with Crippen LogP contribution in [0.3, 0.4) is 0 Å². The molecule has 3 aromatic rings. The van der Waals surface area contributed by atoms with Crippen molar-refractivity contribution in [2.24, 2.45) is 0 Å². The number of hydrogen-bond donors (Lipinski definition) is 1. The zero-order valence-electron chi connectivity index (χ0n) is 17.5. The van der Waals surface area contributed by atoms with E-state index in [9.17, 15) is 9.59 Å². The minimum atomic E-state index is -0.776. The third-order valence-electron chi connectivity index (χ3n) is 4.42. The molecule has 0 saturated heterocycles. The largest absolute Gasteiger partial charge is 0.492 e. The summed E-state index contributed by atoms with van der Waals surface area (Å²) in [5.74, 6) is 0.351. The van der Waals surface area contributed by atoms with Crippen LogP contribution in [0.25, 0.3) is 0 Å². The van der Waals surface area contributed by atoms with Crippen LogP contribution in [0.4, 0.5) is 5.69 Å². The van der Waals surface area contributed by atoms with Crippen LogP contribution in [0.2, 0.25) is 0 Å². The maximum Gasteiger partial charge on any atom is 0.347 e. The zero-order valence-corrected chi connectivity index (χ0v) is 17.5. The van der Waals surface area contributed by atoms with Crippen LogP contribution in [-0.2, 0) is 16.1 Å². The van der Waals surface area contributed by atoms with Crippen molar-refractivity contribution in [3.63, 3.8) is 0 Å². The summed E-state index contributed by atoms with van der Waals surface area (Å²) >= 11 is 0. The van der Waals surface area contributed by atoms with Crippen molar-refractivity contribution in [1.29, 1.82) is 0 Å². The highest BCUT2D eigenvalue weighted by atomic mass is 16.6. The quantitative estimate of drug-likeness (QED) is 0.502. The van der Waals surface area contributed by atoms with E-state index in [-0.39, 0.29) is 12.5 Å². The summed E-state index contributed by atoms with van der Waals surface area (Å²) in [6, 6.07) is 23.3. The summed E-state index contributed by atoms with van der Waals surface area (Å²) in [6.45, 7) is 4.20. The number of amides is 1. The maximum absolute atomic E-state index is 12.6. The molecule has 0 aliphatic rings. The Morgan fingerprint density at radius 1 is 0.903 bits per heavy atom. The summed E-state index contributed by atoms with van der Waals surface area (Å²) in [5.41, 5.74) is 1.96. The second-order valence-electron chi connectivity index (χ2n) is 6.76. The Morgan fingerprint density at radius 3 is 2.29 bits per heavy atom. The van der Waals surface area contributed by atoms with E-state index >= 15 is 0 Å². The molecule has 0 spiro atoms. The summed E-state index contributed by atoms with van der Waals surface area (Å²) in [6.07, 6.45) is -0.776. The van der Waals surface area contributed by atoms with Crippen LogP contribution >= 0.6 is 0 Å². The molecule has 1 unspecified atom stereocenters. The van der Waals surface area contributed by atoms with Crippen LogP contribution in [0.15, 0.2) is 78.9 Å². The van der Waals surface area contributed by atoms with Crippen LogP contribution in [-0.4, -0.2) is 24.6 Å².